The van der Waals surface area contributed by atoms with Crippen molar-refractivity contribution in [3.8, 4) is 11.4 Å². The van der Waals surface area contributed by atoms with Gasteiger partial charge in [-0.1, -0.05) is 23.7 Å². The number of nitrogens with zero attached hydrogens (tertiary/aromatic N) is 3. The Morgan fingerprint density at radius 3 is 2.96 bits per heavy atom. The summed E-state index contributed by atoms with van der Waals surface area (Å²) in [6.07, 6.45) is 2.46. The Labute approximate surface area is 142 Å². The van der Waals surface area contributed by atoms with Crippen molar-refractivity contribution in [2.75, 3.05) is 11.4 Å². The van der Waals surface area contributed by atoms with Crippen molar-refractivity contribution in [2.45, 2.75) is 18.5 Å². The number of H-pyrrole nitrogens is 1. The van der Waals surface area contributed by atoms with Crippen LogP contribution in [0.25, 0.3) is 22.4 Å². The molecule has 0 spiro atoms. The van der Waals surface area contributed by atoms with Crippen LogP contribution < -0.4 is 10.2 Å². The Balaban J connectivity index is 1.58. The number of piperazine rings is 1. The maximum absolute atomic E-state index is 11.9. The quantitative estimate of drug-likeness (QED) is 0.751. The summed E-state index contributed by atoms with van der Waals surface area (Å²) in [4.78, 5) is 26.3. The molecule has 2 aliphatic heterocycles. The molecule has 2 aromatic heterocycles. The molecule has 2 fully saturated rings. The van der Waals surface area contributed by atoms with Crippen molar-refractivity contribution < 1.29 is 4.79 Å². The van der Waals surface area contributed by atoms with Crippen LogP contribution in [0.2, 0.25) is 5.02 Å². The first-order valence-electron chi connectivity index (χ1n) is 7.87. The van der Waals surface area contributed by atoms with Gasteiger partial charge in [0.25, 0.3) is 0 Å². The van der Waals surface area contributed by atoms with E-state index >= 15 is 0 Å². The lowest BCUT2D eigenvalue weighted by molar-refractivity contribution is -0.121. The molecule has 1 amide bonds. The third-order valence-electron chi connectivity index (χ3n) is 4.73. The summed E-state index contributed by atoms with van der Waals surface area (Å²) < 4.78 is 0. The number of rotatable bonds is 2. The number of hydrogen-bond donors (Lipinski definition) is 2. The molecule has 7 heteroatoms. The third-order valence-corrected chi connectivity index (χ3v) is 5.03. The number of amides is 1. The Morgan fingerprint density at radius 1 is 1.29 bits per heavy atom. The van der Waals surface area contributed by atoms with Gasteiger partial charge in [0.15, 0.2) is 0 Å². The molecule has 24 heavy (non-hydrogen) atoms. The standard InChI is InChI=1S/C17H14ClN5O/c18-11-7-19-15(23-8-9-5-14(23)17(24)20-9)6-10(11)16-21-12-3-1-2-4-13(12)22-16/h1-4,6-7,9,14H,5,8H2,(H,20,24)(H,21,22). The molecule has 2 unspecified atom stereocenters. The second kappa shape index (κ2) is 4.95. The van der Waals surface area contributed by atoms with Crippen molar-refractivity contribution in [1.29, 1.82) is 0 Å². The number of nitrogens with one attached hydrogen (secondary N) is 2. The monoisotopic (exact) mass is 339 g/mol. The number of anilines is 1. The number of carbonyl (C=O) groups is 1. The van der Waals surface area contributed by atoms with Gasteiger partial charge in [-0.3, -0.25) is 4.79 Å². The second-order valence-electron chi connectivity index (χ2n) is 6.23. The lowest BCUT2D eigenvalue weighted by Gasteiger charge is -2.27. The molecule has 6 nitrogen and oxygen atoms in total. The van der Waals surface area contributed by atoms with E-state index in [0.29, 0.717) is 10.8 Å². The van der Waals surface area contributed by atoms with Gasteiger partial charge in [0.1, 0.15) is 17.7 Å². The highest BCUT2D eigenvalue weighted by molar-refractivity contribution is 6.33. The third kappa shape index (κ3) is 1.99. The molecule has 2 atom stereocenters. The van der Waals surface area contributed by atoms with E-state index in [-0.39, 0.29) is 18.0 Å². The van der Waals surface area contributed by atoms with Crippen LogP contribution in [0.5, 0.6) is 0 Å². The normalized spacial score (nSPS) is 22.4. The second-order valence-corrected chi connectivity index (χ2v) is 6.64. The summed E-state index contributed by atoms with van der Waals surface area (Å²) in [6, 6.07) is 9.84. The van der Waals surface area contributed by atoms with Gasteiger partial charge in [0, 0.05) is 24.3 Å². The Morgan fingerprint density at radius 2 is 2.17 bits per heavy atom. The summed E-state index contributed by atoms with van der Waals surface area (Å²) in [5.41, 5.74) is 2.64. The average Bonchev–Trinajstić information content (AvgIpc) is 3.27. The van der Waals surface area contributed by atoms with Crippen LogP contribution >= 0.6 is 11.6 Å². The Bertz CT molecular complexity index is 936. The maximum atomic E-state index is 11.9. The first kappa shape index (κ1) is 13.8. The number of hydrogen-bond acceptors (Lipinski definition) is 4. The van der Waals surface area contributed by atoms with Gasteiger partial charge in [-0.25, -0.2) is 9.97 Å². The fourth-order valence-electron chi connectivity index (χ4n) is 3.59. The summed E-state index contributed by atoms with van der Waals surface area (Å²) >= 11 is 6.35. The molecule has 2 N–H and O–H groups in total. The summed E-state index contributed by atoms with van der Waals surface area (Å²) in [5, 5.41) is 3.51. The highest BCUT2D eigenvalue weighted by atomic mass is 35.5. The van der Waals surface area contributed by atoms with Gasteiger partial charge in [-0.15, -0.1) is 0 Å². The molecule has 3 aromatic rings. The van der Waals surface area contributed by atoms with E-state index in [1.807, 2.05) is 35.2 Å². The summed E-state index contributed by atoms with van der Waals surface area (Å²) in [7, 11) is 0. The minimum Gasteiger partial charge on any atom is -0.350 e. The van der Waals surface area contributed by atoms with E-state index in [1.165, 1.54) is 0 Å². The van der Waals surface area contributed by atoms with E-state index in [2.05, 4.69) is 20.3 Å². The summed E-state index contributed by atoms with van der Waals surface area (Å²) in [6.45, 7) is 0.782. The van der Waals surface area contributed by atoms with Crippen LogP contribution in [-0.4, -0.2) is 39.5 Å². The van der Waals surface area contributed by atoms with E-state index < -0.39 is 0 Å². The number of benzene rings is 1. The molecule has 5 rings (SSSR count). The minimum absolute atomic E-state index is 0.0771. The smallest absolute Gasteiger partial charge is 0.243 e. The fraction of sp³-hybridized carbons (Fsp3) is 0.235. The highest BCUT2D eigenvalue weighted by Gasteiger charge is 2.44. The van der Waals surface area contributed by atoms with Gasteiger partial charge in [0.05, 0.1) is 16.1 Å². The lowest BCUT2D eigenvalue weighted by Crippen LogP contribution is -2.48. The molecule has 4 heterocycles. The average molecular weight is 340 g/mol. The van der Waals surface area contributed by atoms with Crippen LogP contribution in [0.4, 0.5) is 5.82 Å². The summed E-state index contributed by atoms with van der Waals surface area (Å²) in [5.74, 6) is 1.55. The van der Waals surface area contributed by atoms with Crippen LogP contribution in [0.3, 0.4) is 0 Å². The molecule has 0 radical (unpaired) electrons. The number of carbonyl (C=O) groups excluding carboxylic acids is 1. The number of aromatic amines is 1. The molecule has 0 aliphatic carbocycles. The van der Waals surface area contributed by atoms with Gasteiger partial charge >= 0.3 is 0 Å². The number of aromatic nitrogens is 3. The Hall–Kier alpha value is -2.60. The number of fused-ring (bicyclic) bond motifs is 3. The zero-order valence-corrected chi connectivity index (χ0v) is 13.4. The van der Waals surface area contributed by atoms with Crippen LogP contribution in [0.15, 0.2) is 36.5 Å². The molecule has 0 saturated carbocycles. The van der Waals surface area contributed by atoms with Crippen LogP contribution in [0.1, 0.15) is 6.42 Å². The number of imidazole rings is 1. The predicted octanol–water partition coefficient (Wildman–Crippen LogP) is 2.36. The van der Waals surface area contributed by atoms with E-state index in [1.54, 1.807) is 6.20 Å². The fourth-order valence-corrected chi connectivity index (χ4v) is 3.78. The number of para-hydroxylation sites is 2. The zero-order chi connectivity index (χ0) is 16.3. The molecule has 1 aromatic carbocycles. The van der Waals surface area contributed by atoms with Crippen LogP contribution in [0, 0.1) is 0 Å². The molecule has 120 valence electrons. The van der Waals surface area contributed by atoms with E-state index in [9.17, 15) is 4.79 Å². The zero-order valence-electron chi connectivity index (χ0n) is 12.7. The van der Waals surface area contributed by atoms with Crippen molar-refractivity contribution in [3.63, 3.8) is 0 Å². The minimum atomic E-state index is -0.132. The van der Waals surface area contributed by atoms with E-state index in [0.717, 1.165) is 35.4 Å². The topological polar surface area (TPSA) is 73.9 Å². The molecular weight excluding hydrogens is 326 g/mol. The van der Waals surface area contributed by atoms with Gasteiger partial charge in [-0.2, -0.15) is 0 Å². The van der Waals surface area contributed by atoms with Gasteiger partial charge in [-0.05, 0) is 24.6 Å². The molecule has 2 aliphatic rings. The molecule has 2 saturated heterocycles. The Kier molecular flexibility index (Phi) is 2.84. The van der Waals surface area contributed by atoms with Crippen molar-refractivity contribution in [3.05, 3.63) is 41.6 Å². The number of pyridine rings is 1. The van der Waals surface area contributed by atoms with Crippen molar-refractivity contribution >= 4 is 34.4 Å². The highest BCUT2D eigenvalue weighted by Crippen LogP contribution is 2.34. The first-order valence-corrected chi connectivity index (χ1v) is 8.24. The molecule has 2 bridgehead atoms. The van der Waals surface area contributed by atoms with Crippen molar-refractivity contribution in [2.24, 2.45) is 0 Å². The van der Waals surface area contributed by atoms with Gasteiger partial charge in [0.2, 0.25) is 5.91 Å². The predicted molar refractivity (Wildman–Crippen MR) is 92.0 cm³/mol. The largest absolute Gasteiger partial charge is 0.350 e. The first-order chi connectivity index (χ1) is 11.7. The van der Waals surface area contributed by atoms with Gasteiger partial charge < -0.3 is 15.2 Å². The van der Waals surface area contributed by atoms with Crippen LogP contribution in [-0.2, 0) is 4.79 Å². The lowest BCUT2D eigenvalue weighted by atomic mass is 10.2. The number of halogens is 1. The molecular formula is C17H14ClN5O. The maximum Gasteiger partial charge on any atom is 0.243 e. The van der Waals surface area contributed by atoms with E-state index in [4.69, 9.17) is 11.6 Å². The van der Waals surface area contributed by atoms with Crippen molar-refractivity contribution in [1.82, 2.24) is 20.3 Å². The SMILES string of the molecule is O=C1NC2CC1N(c1cc(-c3nc4ccccc4[nH]3)c(Cl)cn1)C2.